The van der Waals surface area contributed by atoms with Crippen LogP contribution < -0.4 is 0 Å². The van der Waals surface area contributed by atoms with E-state index in [0.29, 0.717) is 11.3 Å². The molecular weight excluding hydrogens is 210 g/mol. The summed E-state index contributed by atoms with van der Waals surface area (Å²) in [4.78, 5) is 14.6. The van der Waals surface area contributed by atoms with Gasteiger partial charge in [-0.1, -0.05) is 0 Å². The number of fused-ring (bicyclic) bond motifs is 1. The molecule has 56 valence electrons. The number of carbonyl (C=O) groups is 1. The molecule has 2 aliphatic heterocycles. The number of rotatable bonds is 0. The van der Waals surface area contributed by atoms with Crippen molar-refractivity contribution in [3.05, 3.63) is 23.5 Å². The third-order valence-electron chi connectivity index (χ3n) is 1.45. The Morgan fingerprint density at radius 2 is 2.45 bits per heavy atom. The Kier molecular flexibility index (Phi) is 1.42. The number of aliphatic imine (C=N–C) groups is 1. The van der Waals surface area contributed by atoms with Crippen molar-refractivity contribution in [3.8, 4) is 0 Å². The molecule has 11 heavy (non-hydrogen) atoms. The van der Waals surface area contributed by atoms with Gasteiger partial charge in [0.2, 0.25) is 0 Å². The van der Waals surface area contributed by atoms with E-state index in [0.717, 1.165) is 0 Å². The highest BCUT2D eigenvalue weighted by Gasteiger charge is 2.26. The van der Waals surface area contributed by atoms with Gasteiger partial charge in [-0.25, -0.2) is 4.99 Å². The quantitative estimate of drug-likeness (QED) is 0.567. The third kappa shape index (κ3) is 1.03. The maximum atomic E-state index is 11.0. The molecule has 2 aliphatic rings. The van der Waals surface area contributed by atoms with E-state index < -0.39 is 0 Å². The van der Waals surface area contributed by atoms with Crippen LogP contribution in [0, 0.1) is 0 Å². The number of dihydropyridines is 1. The molecule has 0 aromatic rings. The molecule has 0 aromatic carbocycles. The van der Waals surface area contributed by atoms with E-state index >= 15 is 0 Å². The number of hydrogen-bond acceptors (Lipinski definition) is 2. The minimum absolute atomic E-state index is 0.186. The zero-order chi connectivity index (χ0) is 7.84. The van der Waals surface area contributed by atoms with Crippen LogP contribution in [0.15, 0.2) is 28.5 Å². The molecule has 2 rings (SSSR count). The summed E-state index contributed by atoms with van der Waals surface area (Å²) in [7, 11) is 0. The number of alkyl halides is 1. The van der Waals surface area contributed by atoms with Crippen LogP contribution in [0.2, 0.25) is 0 Å². The number of hydrogen-bond donors (Lipinski definition) is 0. The van der Waals surface area contributed by atoms with E-state index in [9.17, 15) is 4.79 Å². The van der Waals surface area contributed by atoms with Gasteiger partial charge < -0.3 is 4.74 Å². The van der Waals surface area contributed by atoms with Crippen LogP contribution in [-0.2, 0) is 9.53 Å². The summed E-state index contributed by atoms with van der Waals surface area (Å²) in [6, 6.07) is 0. The summed E-state index contributed by atoms with van der Waals surface area (Å²) in [5.74, 6) is 0.372. The normalized spacial score (nSPS) is 27.4. The second kappa shape index (κ2) is 2.30. The average Bonchev–Trinajstić information content (AvgIpc) is 2.31. The topological polar surface area (TPSA) is 38.7 Å². The summed E-state index contributed by atoms with van der Waals surface area (Å²) in [6.45, 7) is 0. The van der Waals surface area contributed by atoms with Gasteiger partial charge in [0.05, 0.1) is 5.57 Å². The van der Waals surface area contributed by atoms with E-state index in [-0.39, 0.29) is 10.9 Å². The number of carbonyl (C=O) groups excluding carboxylic acids is 1. The Hall–Kier alpha value is -0.900. The van der Waals surface area contributed by atoms with Crippen LogP contribution in [0.3, 0.4) is 0 Å². The molecule has 3 nitrogen and oxygen atoms in total. The van der Waals surface area contributed by atoms with Crippen LogP contribution in [0.1, 0.15) is 0 Å². The van der Waals surface area contributed by atoms with Gasteiger partial charge in [0.25, 0.3) is 5.91 Å². The maximum Gasteiger partial charge on any atom is 0.280 e. The van der Waals surface area contributed by atoms with E-state index in [2.05, 4.69) is 20.9 Å². The minimum atomic E-state index is -0.232. The predicted molar refractivity (Wildman–Crippen MR) is 43.5 cm³/mol. The summed E-state index contributed by atoms with van der Waals surface area (Å²) < 4.78 is 5.21. The van der Waals surface area contributed by atoms with Crippen molar-refractivity contribution in [1.29, 1.82) is 0 Å². The van der Waals surface area contributed by atoms with E-state index in [1.807, 2.05) is 0 Å². The fourth-order valence-electron chi connectivity index (χ4n) is 0.980. The molecule has 0 aliphatic carbocycles. The SMILES string of the molecule is O=C1N=CC=C2O[C@@H](Br)C=C12. The summed E-state index contributed by atoms with van der Waals surface area (Å²) in [5, 5.41) is -0.186. The fourth-order valence-corrected chi connectivity index (χ4v) is 1.45. The van der Waals surface area contributed by atoms with Gasteiger partial charge in [-0.15, -0.1) is 0 Å². The zero-order valence-electron chi connectivity index (χ0n) is 5.45. The second-order valence-corrected chi connectivity index (χ2v) is 3.07. The van der Waals surface area contributed by atoms with Gasteiger partial charge in [-0.2, -0.15) is 0 Å². The number of ether oxygens (including phenoxy) is 1. The molecule has 1 amide bonds. The Morgan fingerprint density at radius 1 is 1.64 bits per heavy atom. The molecule has 4 heteroatoms. The number of allylic oxidation sites excluding steroid dienone is 1. The average molecular weight is 214 g/mol. The van der Waals surface area contributed by atoms with Crippen LogP contribution in [0.4, 0.5) is 0 Å². The highest BCUT2D eigenvalue weighted by Crippen LogP contribution is 2.28. The van der Waals surface area contributed by atoms with Gasteiger partial charge in [0.15, 0.2) is 5.01 Å². The van der Waals surface area contributed by atoms with Crippen molar-refractivity contribution < 1.29 is 9.53 Å². The summed E-state index contributed by atoms with van der Waals surface area (Å²) >= 11 is 3.21. The van der Waals surface area contributed by atoms with Crippen molar-refractivity contribution in [2.45, 2.75) is 5.01 Å². The van der Waals surface area contributed by atoms with Crippen molar-refractivity contribution in [2.75, 3.05) is 0 Å². The van der Waals surface area contributed by atoms with Crippen molar-refractivity contribution in [2.24, 2.45) is 4.99 Å². The maximum absolute atomic E-state index is 11.0. The van der Waals surface area contributed by atoms with Gasteiger partial charge in [0.1, 0.15) is 5.76 Å². The molecule has 0 saturated heterocycles. The summed E-state index contributed by atoms with van der Waals surface area (Å²) in [6.07, 6.45) is 4.82. The first kappa shape index (κ1) is 6.79. The lowest BCUT2D eigenvalue weighted by Crippen LogP contribution is -2.04. The van der Waals surface area contributed by atoms with E-state index in [4.69, 9.17) is 4.74 Å². The molecule has 0 radical (unpaired) electrons. The molecule has 0 unspecified atom stereocenters. The lowest BCUT2D eigenvalue weighted by atomic mass is 10.2. The van der Waals surface area contributed by atoms with Crippen LogP contribution >= 0.6 is 15.9 Å². The molecule has 1 atom stereocenters. The monoisotopic (exact) mass is 213 g/mol. The van der Waals surface area contributed by atoms with Crippen LogP contribution in [-0.4, -0.2) is 17.1 Å². The molecule has 2 heterocycles. The van der Waals surface area contributed by atoms with E-state index in [1.165, 1.54) is 6.21 Å². The zero-order valence-corrected chi connectivity index (χ0v) is 7.04. The highest BCUT2D eigenvalue weighted by molar-refractivity contribution is 9.09. The Bertz CT molecular complexity index is 304. The fraction of sp³-hybridized carbons (Fsp3) is 0.143. The Morgan fingerprint density at radius 3 is 3.18 bits per heavy atom. The van der Waals surface area contributed by atoms with Crippen molar-refractivity contribution >= 4 is 28.1 Å². The second-order valence-electron chi connectivity index (χ2n) is 2.16. The molecular formula is C7H4BrNO2. The molecule has 0 N–H and O–H groups in total. The number of nitrogens with zero attached hydrogens (tertiary/aromatic N) is 1. The van der Waals surface area contributed by atoms with Crippen molar-refractivity contribution in [1.82, 2.24) is 0 Å². The van der Waals surface area contributed by atoms with Crippen LogP contribution in [0.25, 0.3) is 0 Å². The van der Waals surface area contributed by atoms with E-state index in [1.54, 1.807) is 12.2 Å². The highest BCUT2D eigenvalue weighted by atomic mass is 79.9. The Labute approximate surface area is 71.6 Å². The lowest BCUT2D eigenvalue weighted by Gasteiger charge is -2.04. The first-order chi connectivity index (χ1) is 5.27. The van der Waals surface area contributed by atoms with Gasteiger partial charge in [-0.05, 0) is 28.1 Å². The smallest absolute Gasteiger partial charge is 0.280 e. The molecule has 0 spiro atoms. The largest absolute Gasteiger partial charge is 0.474 e. The molecule has 0 saturated carbocycles. The number of amides is 1. The third-order valence-corrected chi connectivity index (χ3v) is 1.90. The van der Waals surface area contributed by atoms with Gasteiger partial charge in [-0.3, -0.25) is 4.79 Å². The van der Waals surface area contributed by atoms with Crippen molar-refractivity contribution in [3.63, 3.8) is 0 Å². The van der Waals surface area contributed by atoms with Gasteiger partial charge >= 0.3 is 0 Å². The van der Waals surface area contributed by atoms with Crippen LogP contribution in [0.5, 0.6) is 0 Å². The standard InChI is InChI=1S/C7H4BrNO2/c8-6-3-4-5(11-6)1-2-9-7(4)10/h1-3,6H/t6-/m1/s1. The minimum Gasteiger partial charge on any atom is -0.474 e. The first-order valence-electron chi connectivity index (χ1n) is 3.09. The Balaban J connectivity index is 2.44. The molecule has 0 fully saturated rings. The first-order valence-corrected chi connectivity index (χ1v) is 4.00. The molecule has 0 aromatic heterocycles. The number of halogens is 1. The summed E-state index contributed by atoms with van der Waals surface area (Å²) in [5.41, 5.74) is 0.550. The lowest BCUT2D eigenvalue weighted by molar-refractivity contribution is -0.114. The molecule has 0 bridgehead atoms. The van der Waals surface area contributed by atoms with Gasteiger partial charge in [0, 0.05) is 6.21 Å². The predicted octanol–water partition coefficient (Wildman–Crippen LogP) is 1.16.